The number of nitrogens with one attached hydrogen (secondary N) is 1. The van der Waals surface area contributed by atoms with Crippen molar-refractivity contribution in [2.45, 2.75) is 114 Å². The Morgan fingerprint density at radius 2 is 1.62 bits per heavy atom. The van der Waals surface area contributed by atoms with Crippen LogP contribution in [0.2, 0.25) is 0 Å². The molecule has 0 aromatic rings. The molecule has 0 aromatic carbocycles. The molecule has 314 valence electrons. The molecule has 1 amide bonds. The average Bonchev–Trinajstić information content (AvgIpc) is 3.33. The third kappa shape index (κ3) is 9.17. The molecule has 56 heavy (non-hydrogen) atoms. The molecular formula is C36H52ClN3O16. The van der Waals surface area contributed by atoms with Gasteiger partial charge in [-0.15, -0.1) is 11.6 Å². The van der Waals surface area contributed by atoms with E-state index in [1.165, 1.54) is 6.08 Å². The Labute approximate surface area is 327 Å². The topological polar surface area (TPSA) is 279 Å². The van der Waals surface area contributed by atoms with Gasteiger partial charge in [0.05, 0.1) is 41.4 Å². The molecule has 9 atom stereocenters. The number of amides is 1. The first-order chi connectivity index (χ1) is 26.2. The number of nitrogens with zero attached hydrogens (tertiary/aromatic N) is 2. The first-order valence-electron chi connectivity index (χ1n) is 18.6. The summed E-state index contributed by atoms with van der Waals surface area (Å²) in [6.07, 6.45) is 4.41. The zero-order chi connectivity index (χ0) is 41.6. The molecule has 0 bridgehead atoms. The van der Waals surface area contributed by atoms with Crippen LogP contribution in [-0.2, 0) is 47.9 Å². The smallest absolute Gasteiger partial charge is 0.326 e. The minimum Gasteiger partial charge on any atom is -0.480 e. The molecule has 4 rings (SSSR count). The maximum Gasteiger partial charge on any atom is 0.326 e. The Hall–Kier alpha value is -3.37. The molecule has 4 aliphatic carbocycles. The van der Waals surface area contributed by atoms with Crippen LogP contribution in [0.15, 0.2) is 23.8 Å². The molecule has 0 heterocycles. The number of carboxylic acid groups (broad SMARTS) is 1. The molecule has 0 radical (unpaired) electrons. The van der Waals surface area contributed by atoms with E-state index in [1.54, 1.807) is 26.0 Å². The van der Waals surface area contributed by atoms with Crippen molar-refractivity contribution in [1.29, 1.82) is 0 Å². The Morgan fingerprint density at radius 1 is 0.964 bits per heavy atom. The van der Waals surface area contributed by atoms with E-state index in [0.717, 1.165) is 5.57 Å². The highest BCUT2D eigenvalue weighted by atomic mass is 35.5. The normalized spacial score (nSPS) is 32.6. The molecule has 3 fully saturated rings. The van der Waals surface area contributed by atoms with Crippen molar-refractivity contribution in [3.05, 3.63) is 23.8 Å². The highest BCUT2D eigenvalue weighted by Gasteiger charge is 2.76. The van der Waals surface area contributed by atoms with E-state index in [0.29, 0.717) is 38.5 Å². The first kappa shape index (κ1) is 45.3. The summed E-state index contributed by atoms with van der Waals surface area (Å²) in [7, 11) is 0. The molecule has 4 aliphatic rings. The van der Waals surface area contributed by atoms with Gasteiger partial charge in [0, 0.05) is 29.6 Å². The Bertz CT molecular complexity index is 1570. The van der Waals surface area contributed by atoms with E-state index < -0.39 is 105 Å². The summed E-state index contributed by atoms with van der Waals surface area (Å²) < 4.78 is 11.5. The van der Waals surface area contributed by atoms with Gasteiger partial charge in [-0.2, -0.15) is 0 Å². The summed E-state index contributed by atoms with van der Waals surface area (Å²) in [5, 5.41) is 57.8. The fourth-order valence-corrected chi connectivity index (χ4v) is 10.2. The third-order valence-corrected chi connectivity index (χ3v) is 13.2. The number of Topliss-reactive ketones (excluding diaryl/α,β-unsaturated/α-hetero) is 1. The highest BCUT2D eigenvalue weighted by Crippen LogP contribution is 2.72. The predicted molar refractivity (Wildman–Crippen MR) is 187 cm³/mol. The second-order valence-corrected chi connectivity index (χ2v) is 16.1. The van der Waals surface area contributed by atoms with E-state index in [-0.39, 0.29) is 44.7 Å². The number of carboxylic acids is 1. The molecule has 7 N–H and O–H groups in total. The van der Waals surface area contributed by atoms with E-state index in [1.807, 2.05) is 6.92 Å². The molecule has 19 nitrogen and oxygen atoms in total. The zero-order valence-electron chi connectivity index (χ0n) is 31.6. The van der Waals surface area contributed by atoms with Gasteiger partial charge < -0.3 is 25.0 Å². The van der Waals surface area contributed by atoms with Crippen molar-refractivity contribution in [3.8, 4) is 0 Å². The number of rotatable bonds is 20. The number of aliphatic hydroxyl groups excluding tert-OH is 1. The van der Waals surface area contributed by atoms with Crippen molar-refractivity contribution in [3.63, 3.8) is 0 Å². The lowest BCUT2D eigenvalue weighted by Crippen LogP contribution is -2.69. The number of carbonyl (C=O) groups is 6. The molecule has 0 aliphatic heterocycles. The Balaban J connectivity index is 1.53. The molecule has 3 saturated carbocycles. The third-order valence-electron chi connectivity index (χ3n) is 12.2. The number of allylic oxidation sites excluding steroid dienone is 4. The molecule has 3 unspecified atom stereocenters. The van der Waals surface area contributed by atoms with Gasteiger partial charge >= 0.3 is 17.9 Å². The summed E-state index contributed by atoms with van der Waals surface area (Å²) in [6, 6.07) is -1.69. The van der Waals surface area contributed by atoms with Gasteiger partial charge in [0.25, 0.3) is 0 Å². The largest absolute Gasteiger partial charge is 0.480 e. The molecule has 0 aromatic heterocycles. The van der Waals surface area contributed by atoms with Crippen LogP contribution in [0.4, 0.5) is 0 Å². The lowest BCUT2D eigenvalue weighted by molar-refractivity contribution is -0.492. The van der Waals surface area contributed by atoms with Gasteiger partial charge in [-0.3, -0.25) is 54.5 Å². The molecule has 0 spiro atoms. The second kappa shape index (κ2) is 18.5. The van der Waals surface area contributed by atoms with Gasteiger partial charge in [0.2, 0.25) is 11.7 Å². The quantitative estimate of drug-likeness (QED) is 0.0402. The monoisotopic (exact) mass is 817 g/mol. The molecule has 0 saturated heterocycles. The number of hydrogen-bond donors (Lipinski definition) is 7. The lowest BCUT2D eigenvalue weighted by Gasteiger charge is -2.64. The van der Waals surface area contributed by atoms with Crippen LogP contribution in [0.25, 0.3) is 0 Å². The zero-order valence-corrected chi connectivity index (χ0v) is 32.3. The van der Waals surface area contributed by atoms with Crippen LogP contribution >= 0.6 is 11.6 Å². The van der Waals surface area contributed by atoms with E-state index in [2.05, 4.69) is 15.0 Å². The average molecular weight is 818 g/mol. The highest BCUT2D eigenvalue weighted by molar-refractivity contribution is 6.26. The number of carbonyl (C=O) groups excluding carboxylic acids is 5. The van der Waals surface area contributed by atoms with Crippen molar-refractivity contribution < 1.29 is 79.0 Å². The number of aliphatic hydroxyl groups is 1. The molecule has 20 heteroatoms. The maximum atomic E-state index is 14.5. The van der Waals surface area contributed by atoms with Gasteiger partial charge in [-0.25, -0.2) is 4.79 Å². The fourth-order valence-electron chi connectivity index (χ4n) is 9.65. The lowest BCUT2D eigenvalue weighted by atomic mass is 9.45. The first-order valence-corrected chi connectivity index (χ1v) is 19.0. The number of esters is 2. The van der Waals surface area contributed by atoms with E-state index in [4.69, 9.17) is 41.9 Å². The minimum atomic E-state index is -1.97. The summed E-state index contributed by atoms with van der Waals surface area (Å²) in [5.41, 5.74) is -3.35. The van der Waals surface area contributed by atoms with Gasteiger partial charge in [-0.1, -0.05) is 38.8 Å². The van der Waals surface area contributed by atoms with Gasteiger partial charge in [0.1, 0.15) is 6.04 Å². The van der Waals surface area contributed by atoms with Crippen molar-refractivity contribution in [1.82, 2.24) is 16.1 Å². The summed E-state index contributed by atoms with van der Waals surface area (Å²) in [6.45, 7) is 4.06. The summed E-state index contributed by atoms with van der Waals surface area (Å²) in [4.78, 5) is 85.4. The number of ketones is 2. The fraction of sp³-hybridized carbons (Fsp3) is 0.722. The van der Waals surface area contributed by atoms with Crippen molar-refractivity contribution >= 4 is 47.0 Å². The summed E-state index contributed by atoms with van der Waals surface area (Å²) in [5.74, 6) is -6.70. The number of aliphatic carboxylic acids is 1. The van der Waals surface area contributed by atoms with Crippen LogP contribution in [0.3, 0.4) is 0 Å². The number of hydrogen-bond acceptors (Lipinski definition) is 17. The Kier molecular flexibility index (Phi) is 15.0. The SMILES string of the molecule is C[C@H]1CC2C3CCC4=CC(=O)C=C[C@]4(C)[C@@]3(Cl)[C@@H](O)C[C@]2(C)[C@@]1(OC(=O)CCCON(O)O)C(=O)COC(=O)CC(NC(=O)CCCCCON(O)O)C(=O)O. The number of fused-ring (bicyclic) bond motifs is 5. The minimum absolute atomic E-state index is 0.0353. The van der Waals surface area contributed by atoms with Crippen LogP contribution in [0, 0.1) is 28.6 Å². The number of unbranched alkanes of at least 4 members (excludes halogenated alkanes) is 2. The van der Waals surface area contributed by atoms with Crippen LogP contribution in [0.5, 0.6) is 0 Å². The number of halogens is 1. The maximum absolute atomic E-state index is 14.5. The Morgan fingerprint density at radius 3 is 2.27 bits per heavy atom. The van der Waals surface area contributed by atoms with Gasteiger partial charge in [0.15, 0.2) is 18.0 Å². The van der Waals surface area contributed by atoms with Crippen molar-refractivity contribution in [2.24, 2.45) is 28.6 Å². The standard InChI is InChI=1S/C36H52ClN3O16/c1-21-16-25-24-11-10-22-17-23(41)12-13-33(22,2)35(24,37)27(42)19-34(25,3)36(21,56-30(45)9-7-15-55-40(51)52)28(43)20-53-31(46)18-26(32(47)48)38-29(44)8-5-4-6-14-54-39(49)50/h12-13,17,21,24-27,42,49-52H,4-11,14-16,18-20H2,1-3H3,(H,38,44)(H,47,48)/t21-,24?,25?,26?,27-,33-,34-,35-,36-/m0/s1. The predicted octanol–water partition coefficient (Wildman–Crippen LogP) is 2.59. The van der Waals surface area contributed by atoms with Gasteiger partial charge in [-0.05, 0) is 68.9 Å². The van der Waals surface area contributed by atoms with Crippen LogP contribution in [-0.4, -0.2) is 120 Å². The number of ether oxygens (including phenoxy) is 2. The number of alkyl halides is 1. The molecular weight excluding hydrogens is 766 g/mol. The van der Waals surface area contributed by atoms with E-state index >= 15 is 0 Å². The van der Waals surface area contributed by atoms with Crippen LogP contribution < -0.4 is 5.32 Å². The second-order valence-electron chi connectivity index (χ2n) is 15.4. The van der Waals surface area contributed by atoms with Crippen molar-refractivity contribution in [2.75, 3.05) is 19.8 Å². The van der Waals surface area contributed by atoms with Crippen LogP contribution in [0.1, 0.15) is 91.4 Å². The summed E-state index contributed by atoms with van der Waals surface area (Å²) >= 11 is 7.55. The van der Waals surface area contributed by atoms with E-state index in [9.17, 15) is 39.0 Å².